The first-order valence-corrected chi connectivity index (χ1v) is 10.8. The molecule has 0 bridgehead atoms. The normalized spacial score (nSPS) is 10.9. The van der Waals surface area contributed by atoms with Gasteiger partial charge in [-0.15, -0.1) is 0 Å². The SMILES string of the molecule is O=C(COC(=O)CCCC(=O)Nc1cc(C(F)(F)F)ccc1Cl)NNC(=O)c1ccc(Br)cc1. The third-order valence-electron chi connectivity index (χ3n) is 4.14. The van der Waals surface area contributed by atoms with E-state index in [4.69, 9.17) is 16.3 Å². The highest BCUT2D eigenvalue weighted by Crippen LogP contribution is 2.33. The van der Waals surface area contributed by atoms with E-state index in [1.807, 2.05) is 0 Å². The van der Waals surface area contributed by atoms with Gasteiger partial charge in [-0.1, -0.05) is 27.5 Å². The molecule has 3 amide bonds. The Morgan fingerprint density at radius 3 is 2.26 bits per heavy atom. The number of nitrogens with one attached hydrogen (secondary N) is 3. The van der Waals surface area contributed by atoms with Crippen LogP contribution in [-0.2, 0) is 25.3 Å². The molecule has 0 unspecified atom stereocenters. The average Bonchev–Trinajstić information content (AvgIpc) is 2.77. The van der Waals surface area contributed by atoms with E-state index < -0.39 is 42.0 Å². The molecule has 2 rings (SSSR count). The summed E-state index contributed by atoms with van der Waals surface area (Å²) in [6.45, 7) is -0.661. The van der Waals surface area contributed by atoms with E-state index in [0.29, 0.717) is 11.6 Å². The molecule has 0 aliphatic rings. The molecule has 2 aromatic carbocycles. The summed E-state index contributed by atoms with van der Waals surface area (Å²) in [4.78, 5) is 47.2. The number of esters is 1. The minimum Gasteiger partial charge on any atom is -0.455 e. The third-order valence-corrected chi connectivity index (χ3v) is 5.00. The Bertz CT molecular complexity index is 1060. The van der Waals surface area contributed by atoms with Crippen molar-refractivity contribution in [1.82, 2.24) is 10.9 Å². The van der Waals surface area contributed by atoms with Crippen LogP contribution in [0, 0.1) is 0 Å². The standard InChI is InChI=1S/C21H18BrClF3N3O5/c22-14-7-4-12(5-8-14)20(33)29-28-18(31)11-34-19(32)3-1-2-17(30)27-16-10-13(21(24,25)26)6-9-15(16)23/h4-10H,1-3,11H2,(H,27,30)(H,28,31)(H,29,33). The van der Waals surface area contributed by atoms with Crippen molar-refractivity contribution in [1.29, 1.82) is 0 Å². The van der Waals surface area contributed by atoms with Crippen molar-refractivity contribution in [2.45, 2.75) is 25.4 Å². The number of alkyl halides is 3. The topological polar surface area (TPSA) is 114 Å². The number of hydrogen-bond acceptors (Lipinski definition) is 5. The van der Waals surface area contributed by atoms with Gasteiger partial charge in [0.25, 0.3) is 11.8 Å². The van der Waals surface area contributed by atoms with Crippen LogP contribution in [0.4, 0.5) is 18.9 Å². The fourth-order valence-corrected chi connectivity index (χ4v) is 2.89. The number of carbonyl (C=O) groups is 4. The molecule has 34 heavy (non-hydrogen) atoms. The van der Waals surface area contributed by atoms with Gasteiger partial charge in [0.15, 0.2) is 6.61 Å². The van der Waals surface area contributed by atoms with Gasteiger partial charge in [0.05, 0.1) is 16.3 Å². The maximum atomic E-state index is 12.8. The molecule has 0 spiro atoms. The molecule has 3 N–H and O–H groups in total. The molecule has 0 radical (unpaired) electrons. The van der Waals surface area contributed by atoms with Crippen LogP contribution in [0.25, 0.3) is 0 Å². The molecular weight excluding hydrogens is 547 g/mol. The molecule has 13 heteroatoms. The van der Waals surface area contributed by atoms with Crippen molar-refractivity contribution in [2.75, 3.05) is 11.9 Å². The third kappa shape index (κ3) is 9.02. The van der Waals surface area contributed by atoms with Gasteiger partial charge in [0.1, 0.15) is 0 Å². The molecule has 8 nitrogen and oxygen atoms in total. The van der Waals surface area contributed by atoms with Crippen molar-refractivity contribution in [3.63, 3.8) is 0 Å². The largest absolute Gasteiger partial charge is 0.455 e. The second-order valence-corrected chi connectivity index (χ2v) is 8.09. The summed E-state index contributed by atoms with van der Waals surface area (Å²) < 4.78 is 43.9. The van der Waals surface area contributed by atoms with Crippen molar-refractivity contribution in [3.05, 3.63) is 63.1 Å². The van der Waals surface area contributed by atoms with Crippen LogP contribution in [0.2, 0.25) is 5.02 Å². The van der Waals surface area contributed by atoms with Crippen molar-refractivity contribution in [3.8, 4) is 0 Å². The number of hydrazine groups is 1. The molecular formula is C21H18BrClF3N3O5. The number of carbonyl (C=O) groups excluding carboxylic acids is 4. The van der Waals surface area contributed by atoms with E-state index in [2.05, 4.69) is 32.1 Å². The molecule has 182 valence electrons. The number of rotatable bonds is 8. The summed E-state index contributed by atoms with van der Waals surface area (Å²) in [6, 6.07) is 8.87. The van der Waals surface area contributed by atoms with Crippen LogP contribution in [0.15, 0.2) is 46.9 Å². The summed E-state index contributed by atoms with van der Waals surface area (Å²) in [5, 5.41) is 2.19. The first kappa shape index (κ1) is 27.1. The highest BCUT2D eigenvalue weighted by molar-refractivity contribution is 9.10. The molecule has 0 aliphatic heterocycles. The lowest BCUT2D eigenvalue weighted by Gasteiger charge is -2.11. The zero-order valence-corrected chi connectivity index (χ0v) is 19.6. The van der Waals surface area contributed by atoms with Gasteiger partial charge in [0.2, 0.25) is 5.91 Å². The maximum Gasteiger partial charge on any atom is 0.416 e. The van der Waals surface area contributed by atoms with E-state index in [0.717, 1.165) is 16.6 Å². The minimum absolute atomic E-state index is 0.0170. The van der Waals surface area contributed by atoms with E-state index in [1.54, 1.807) is 12.1 Å². The van der Waals surface area contributed by atoms with Gasteiger partial charge in [-0.05, 0) is 48.9 Å². The molecule has 0 atom stereocenters. The summed E-state index contributed by atoms with van der Waals surface area (Å²) >= 11 is 9.04. The first-order chi connectivity index (χ1) is 16.0. The second-order valence-electron chi connectivity index (χ2n) is 6.76. The van der Waals surface area contributed by atoms with Gasteiger partial charge in [-0.25, -0.2) is 0 Å². The zero-order valence-electron chi connectivity index (χ0n) is 17.3. The number of hydrogen-bond donors (Lipinski definition) is 3. The molecule has 0 saturated carbocycles. The van der Waals surface area contributed by atoms with Crippen LogP contribution in [0.5, 0.6) is 0 Å². The van der Waals surface area contributed by atoms with Crippen LogP contribution in [0.1, 0.15) is 35.2 Å². The lowest BCUT2D eigenvalue weighted by molar-refractivity contribution is -0.148. The molecule has 0 fully saturated rings. The summed E-state index contributed by atoms with van der Waals surface area (Å²) in [5.74, 6) is -2.78. The zero-order chi connectivity index (χ0) is 25.3. The van der Waals surface area contributed by atoms with Crippen molar-refractivity contribution < 1.29 is 37.1 Å². The Hall–Kier alpha value is -3.12. The predicted molar refractivity (Wildman–Crippen MR) is 120 cm³/mol. The highest BCUT2D eigenvalue weighted by atomic mass is 79.9. The van der Waals surface area contributed by atoms with Crippen LogP contribution < -0.4 is 16.2 Å². The summed E-state index contributed by atoms with van der Waals surface area (Å²) in [5.41, 5.74) is 3.37. The van der Waals surface area contributed by atoms with Gasteiger partial charge in [-0.2, -0.15) is 13.2 Å². The van der Waals surface area contributed by atoms with Crippen LogP contribution in [-0.4, -0.2) is 30.3 Å². The fraction of sp³-hybridized carbons (Fsp3) is 0.238. The van der Waals surface area contributed by atoms with Crippen LogP contribution in [0.3, 0.4) is 0 Å². The van der Waals surface area contributed by atoms with Crippen molar-refractivity contribution in [2.24, 2.45) is 0 Å². The van der Waals surface area contributed by atoms with Crippen LogP contribution >= 0.6 is 27.5 Å². The smallest absolute Gasteiger partial charge is 0.416 e. The van der Waals surface area contributed by atoms with E-state index in [-0.39, 0.29) is 30.0 Å². The Balaban J connectivity index is 1.67. The Kier molecular flexibility index (Phi) is 9.87. The number of halogens is 5. The molecule has 0 saturated heterocycles. The number of ether oxygens (including phenoxy) is 1. The molecule has 2 aromatic rings. The Morgan fingerprint density at radius 1 is 0.941 bits per heavy atom. The van der Waals surface area contributed by atoms with E-state index in [9.17, 15) is 32.3 Å². The average molecular weight is 565 g/mol. The number of amides is 3. The highest BCUT2D eigenvalue weighted by Gasteiger charge is 2.31. The van der Waals surface area contributed by atoms with Crippen molar-refractivity contribution >= 4 is 56.9 Å². The predicted octanol–water partition coefficient (Wildman–Crippen LogP) is 4.23. The Morgan fingerprint density at radius 2 is 1.62 bits per heavy atom. The summed E-state index contributed by atoms with van der Waals surface area (Å²) in [6.07, 6.45) is -5.00. The first-order valence-electron chi connectivity index (χ1n) is 9.62. The van der Waals surface area contributed by atoms with E-state index >= 15 is 0 Å². The lowest BCUT2D eigenvalue weighted by atomic mass is 10.2. The summed E-state index contributed by atoms with van der Waals surface area (Å²) in [7, 11) is 0. The molecule has 0 heterocycles. The maximum absolute atomic E-state index is 12.8. The molecule has 0 aliphatic carbocycles. The van der Waals surface area contributed by atoms with Gasteiger partial charge in [-0.3, -0.25) is 30.0 Å². The van der Waals surface area contributed by atoms with Gasteiger partial charge < -0.3 is 10.1 Å². The quantitative estimate of drug-likeness (QED) is 0.328. The molecule has 0 aromatic heterocycles. The number of benzene rings is 2. The minimum atomic E-state index is -4.60. The van der Waals surface area contributed by atoms with Gasteiger partial charge >= 0.3 is 12.1 Å². The fourth-order valence-electron chi connectivity index (χ4n) is 2.46. The van der Waals surface area contributed by atoms with Gasteiger partial charge in [0, 0.05) is 22.9 Å². The monoisotopic (exact) mass is 563 g/mol. The Labute approximate surface area is 205 Å². The lowest BCUT2D eigenvalue weighted by Crippen LogP contribution is -2.43. The number of anilines is 1. The second kappa shape index (κ2) is 12.4. The van der Waals surface area contributed by atoms with E-state index in [1.165, 1.54) is 12.1 Å².